The van der Waals surface area contributed by atoms with Crippen LogP contribution in [0.3, 0.4) is 0 Å². The first-order chi connectivity index (χ1) is 21.5. The first-order valence-corrected chi connectivity index (χ1v) is 15.0. The summed E-state index contributed by atoms with van der Waals surface area (Å²) in [6.45, 7) is 5.34. The standard InChI is InChI=1S/C36H42N4O4/c41-35(42)39(29-33-17-9-3-10-18-33)25-23-37(27-31-13-5-1-6-14-31)21-22-38(28-32-15-7-2-8-16-32)24-26-40(36(43)44)30-34-19-11-4-12-20-34/h1-20H,21-30H2,(H,41,42)(H,43,44). The molecular formula is C36H42N4O4. The summed E-state index contributed by atoms with van der Waals surface area (Å²) in [5.74, 6) is 0. The lowest BCUT2D eigenvalue weighted by Gasteiger charge is -2.31. The van der Waals surface area contributed by atoms with Crippen molar-refractivity contribution in [3.8, 4) is 0 Å². The summed E-state index contributed by atoms with van der Waals surface area (Å²) in [5.41, 5.74) is 4.23. The largest absolute Gasteiger partial charge is 0.465 e. The van der Waals surface area contributed by atoms with Crippen LogP contribution in [0.4, 0.5) is 9.59 Å². The maximum Gasteiger partial charge on any atom is 0.407 e. The molecule has 0 aliphatic heterocycles. The third-order valence-electron chi connectivity index (χ3n) is 7.58. The molecule has 2 amide bonds. The molecule has 0 saturated carbocycles. The van der Waals surface area contributed by atoms with Gasteiger partial charge in [-0.15, -0.1) is 0 Å². The Morgan fingerprint density at radius 1 is 0.386 bits per heavy atom. The van der Waals surface area contributed by atoms with Crippen LogP contribution in [0, 0.1) is 0 Å². The Hall–Kier alpha value is -4.66. The Morgan fingerprint density at radius 3 is 0.909 bits per heavy atom. The molecule has 0 unspecified atom stereocenters. The zero-order valence-corrected chi connectivity index (χ0v) is 25.1. The van der Waals surface area contributed by atoms with Crippen molar-refractivity contribution >= 4 is 12.2 Å². The van der Waals surface area contributed by atoms with Crippen molar-refractivity contribution < 1.29 is 19.8 Å². The van der Waals surface area contributed by atoms with Crippen LogP contribution in [0.25, 0.3) is 0 Å². The average Bonchev–Trinajstić information content (AvgIpc) is 3.05. The van der Waals surface area contributed by atoms with Gasteiger partial charge >= 0.3 is 12.2 Å². The van der Waals surface area contributed by atoms with Crippen LogP contribution < -0.4 is 0 Å². The van der Waals surface area contributed by atoms with Gasteiger partial charge in [-0.05, 0) is 22.3 Å². The van der Waals surface area contributed by atoms with Gasteiger partial charge in [0, 0.05) is 65.4 Å². The van der Waals surface area contributed by atoms with Gasteiger partial charge in [0.2, 0.25) is 0 Å². The second kappa shape index (κ2) is 17.5. The van der Waals surface area contributed by atoms with Crippen molar-refractivity contribution in [2.45, 2.75) is 26.2 Å². The predicted octanol–water partition coefficient (Wildman–Crippen LogP) is 6.35. The number of amides is 2. The van der Waals surface area contributed by atoms with E-state index in [1.807, 2.05) is 97.1 Å². The maximum atomic E-state index is 12.1. The highest BCUT2D eigenvalue weighted by Crippen LogP contribution is 2.11. The summed E-state index contributed by atoms with van der Waals surface area (Å²) in [5, 5.41) is 19.9. The smallest absolute Gasteiger partial charge is 0.407 e. The Bertz CT molecular complexity index is 1280. The van der Waals surface area contributed by atoms with Gasteiger partial charge in [-0.3, -0.25) is 9.80 Å². The number of rotatable bonds is 17. The molecular weight excluding hydrogens is 552 g/mol. The lowest BCUT2D eigenvalue weighted by Crippen LogP contribution is -2.42. The minimum atomic E-state index is -0.939. The fourth-order valence-corrected chi connectivity index (χ4v) is 5.12. The first kappa shape index (κ1) is 32.3. The summed E-state index contributed by atoms with van der Waals surface area (Å²) in [4.78, 5) is 31.7. The molecule has 0 saturated heterocycles. The van der Waals surface area contributed by atoms with E-state index in [0.29, 0.717) is 65.4 Å². The van der Waals surface area contributed by atoms with E-state index >= 15 is 0 Å². The SMILES string of the molecule is O=C(O)N(CCN(CCN(CCN(Cc1ccccc1)C(=O)O)Cc1ccccc1)Cc1ccccc1)Cc1ccccc1. The minimum absolute atomic E-state index is 0.335. The third kappa shape index (κ3) is 11.2. The Morgan fingerprint density at radius 2 is 0.636 bits per heavy atom. The van der Waals surface area contributed by atoms with Crippen LogP contribution in [-0.2, 0) is 26.2 Å². The Balaban J connectivity index is 1.44. The van der Waals surface area contributed by atoms with Crippen molar-refractivity contribution in [1.82, 2.24) is 19.6 Å². The van der Waals surface area contributed by atoms with Crippen molar-refractivity contribution in [2.75, 3.05) is 39.3 Å². The Kier molecular flexibility index (Phi) is 12.8. The number of carboxylic acid groups (broad SMARTS) is 2. The molecule has 0 atom stereocenters. The molecule has 2 N–H and O–H groups in total. The number of hydrogen-bond donors (Lipinski definition) is 2. The predicted molar refractivity (Wildman–Crippen MR) is 173 cm³/mol. The van der Waals surface area contributed by atoms with Crippen LogP contribution in [-0.4, -0.2) is 81.3 Å². The molecule has 4 rings (SSSR count). The minimum Gasteiger partial charge on any atom is -0.465 e. The first-order valence-electron chi connectivity index (χ1n) is 15.0. The second-order valence-corrected chi connectivity index (χ2v) is 10.9. The highest BCUT2D eigenvalue weighted by atomic mass is 16.4. The zero-order chi connectivity index (χ0) is 31.0. The summed E-state index contributed by atoms with van der Waals surface area (Å²) >= 11 is 0. The molecule has 44 heavy (non-hydrogen) atoms. The van der Waals surface area contributed by atoms with E-state index in [-0.39, 0.29) is 0 Å². The fraction of sp³-hybridized carbons (Fsp3) is 0.278. The van der Waals surface area contributed by atoms with E-state index < -0.39 is 12.2 Å². The molecule has 0 radical (unpaired) electrons. The van der Waals surface area contributed by atoms with E-state index in [0.717, 1.165) is 22.3 Å². The van der Waals surface area contributed by atoms with Gasteiger partial charge in [0.1, 0.15) is 0 Å². The van der Waals surface area contributed by atoms with Crippen LogP contribution in [0.15, 0.2) is 121 Å². The Labute approximate surface area is 260 Å². The van der Waals surface area contributed by atoms with Gasteiger partial charge < -0.3 is 20.0 Å². The number of hydrogen-bond acceptors (Lipinski definition) is 4. The molecule has 8 nitrogen and oxygen atoms in total. The molecule has 0 aliphatic rings. The normalized spacial score (nSPS) is 11.0. The van der Waals surface area contributed by atoms with E-state index in [2.05, 4.69) is 34.1 Å². The monoisotopic (exact) mass is 594 g/mol. The highest BCUT2D eigenvalue weighted by molar-refractivity contribution is 5.65. The van der Waals surface area contributed by atoms with Gasteiger partial charge in [-0.25, -0.2) is 9.59 Å². The van der Waals surface area contributed by atoms with Crippen molar-refractivity contribution in [1.29, 1.82) is 0 Å². The molecule has 8 heteroatoms. The van der Waals surface area contributed by atoms with Crippen LogP contribution in [0.2, 0.25) is 0 Å². The zero-order valence-electron chi connectivity index (χ0n) is 25.1. The number of carbonyl (C=O) groups is 2. The average molecular weight is 595 g/mol. The summed E-state index contributed by atoms with van der Waals surface area (Å²) in [7, 11) is 0. The number of nitrogens with zero attached hydrogens (tertiary/aromatic N) is 4. The second-order valence-electron chi connectivity index (χ2n) is 10.9. The summed E-state index contributed by atoms with van der Waals surface area (Å²) in [6.07, 6.45) is -1.88. The molecule has 4 aromatic rings. The topological polar surface area (TPSA) is 87.6 Å². The van der Waals surface area contributed by atoms with Crippen LogP contribution >= 0.6 is 0 Å². The molecule has 0 fully saturated rings. The van der Waals surface area contributed by atoms with Gasteiger partial charge in [-0.2, -0.15) is 0 Å². The quantitative estimate of drug-likeness (QED) is 0.148. The van der Waals surface area contributed by atoms with Crippen molar-refractivity contribution in [2.24, 2.45) is 0 Å². The van der Waals surface area contributed by atoms with Crippen LogP contribution in [0.1, 0.15) is 22.3 Å². The van der Waals surface area contributed by atoms with Gasteiger partial charge in [0.15, 0.2) is 0 Å². The summed E-state index contributed by atoms with van der Waals surface area (Å²) < 4.78 is 0. The summed E-state index contributed by atoms with van der Waals surface area (Å²) in [6, 6.07) is 39.7. The van der Waals surface area contributed by atoms with Crippen LogP contribution in [0.5, 0.6) is 0 Å². The third-order valence-corrected chi connectivity index (χ3v) is 7.58. The van der Waals surface area contributed by atoms with Gasteiger partial charge in [-0.1, -0.05) is 121 Å². The maximum absolute atomic E-state index is 12.1. The number of benzene rings is 4. The molecule has 0 bridgehead atoms. The van der Waals surface area contributed by atoms with E-state index in [1.54, 1.807) is 0 Å². The molecule has 0 aromatic heterocycles. The molecule has 0 spiro atoms. The van der Waals surface area contributed by atoms with E-state index in [9.17, 15) is 19.8 Å². The lowest BCUT2D eigenvalue weighted by atomic mass is 10.2. The van der Waals surface area contributed by atoms with Crippen molar-refractivity contribution in [3.05, 3.63) is 144 Å². The highest BCUT2D eigenvalue weighted by Gasteiger charge is 2.18. The van der Waals surface area contributed by atoms with E-state index in [1.165, 1.54) is 9.80 Å². The molecule has 0 heterocycles. The molecule has 4 aromatic carbocycles. The van der Waals surface area contributed by atoms with E-state index in [4.69, 9.17) is 0 Å². The molecule has 0 aliphatic carbocycles. The fourth-order valence-electron chi connectivity index (χ4n) is 5.12. The van der Waals surface area contributed by atoms with Crippen molar-refractivity contribution in [3.63, 3.8) is 0 Å². The molecule has 230 valence electrons. The lowest BCUT2D eigenvalue weighted by molar-refractivity contribution is 0.120. The van der Waals surface area contributed by atoms with Gasteiger partial charge in [0.25, 0.3) is 0 Å². The van der Waals surface area contributed by atoms with Gasteiger partial charge in [0.05, 0.1) is 0 Å².